The molecule has 69 heavy (non-hydrogen) atoms. The number of fused-ring (bicyclic) bond motifs is 1. The summed E-state index contributed by atoms with van der Waals surface area (Å²) in [5, 5.41) is 32.4. The van der Waals surface area contributed by atoms with Crippen LogP contribution in [0.5, 0.6) is 11.5 Å². The fraction of sp³-hybridized carbons (Fsp3) is 0.510. The number of hydrogen-bond donors (Lipinski definition) is 4. The lowest BCUT2D eigenvalue weighted by molar-refractivity contribution is -0.199. The summed E-state index contributed by atoms with van der Waals surface area (Å²) in [6, 6.07) is 30.8. The smallest absolute Gasteiger partial charge is 0.306 e. The van der Waals surface area contributed by atoms with Crippen LogP contribution in [0.25, 0.3) is 0 Å². The van der Waals surface area contributed by atoms with E-state index in [1.54, 1.807) is 24.3 Å². The summed E-state index contributed by atoms with van der Waals surface area (Å²) in [7, 11) is -4.67. The zero-order valence-corrected chi connectivity index (χ0v) is 42.1. The number of ether oxygens (including phenoxy) is 5. The molecule has 2 saturated heterocycles. The van der Waals surface area contributed by atoms with Crippen molar-refractivity contribution in [3.63, 3.8) is 0 Å². The zero-order valence-electron chi connectivity index (χ0n) is 40.4. The molecule has 4 aromatic carbocycles. The number of methoxy groups -OCH3 is 2. The van der Waals surface area contributed by atoms with Gasteiger partial charge in [-0.1, -0.05) is 88.4 Å². The fourth-order valence-corrected chi connectivity index (χ4v) is 11.6. The molecule has 0 bridgehead atoms. The number of esters is 1. The molecule has 2 aliphatic rings. The van der Waals surface area contributed by atoms with Crippen molar-refractivity contribution < 1.29 is 60.6 Å². The molecule has 0 unspecified atom stereocenters. The van der Waals surface area contributed by atoms with Gasteiger partial charge in [0.15, 0.2) is 6.29 Å². The van der Waals surface area contributed by atoms with E-state index in [-0.39, 0.29) is 54.3 Å². The molecule has 0 radical (unpaired) electrons. The Balaban J connectivity index is 0.000000277. The largest absolute Gasteiger partial charge is 0.497 e. The number of benzene rings is 4. The van der Waals surface area contributed by atoms with Crippen LogP contribution in [0.1, 0.15) is 51.7 Å². The summed E-state index contributed by atoms with van der Waals surface area (Å²) >= 11 is 0. The van der Waals surface area contributed by atoms with Crippen molar-refractivity contribution in [1.82, 2.24) is 8.61 Å². The Labute approximate surface area is 408 Å². The maximum Gasteiger partial charge on any atom is 0.306 e. The van der Waals surface area contributed by atoms with Gasteiger partial charge in [0.25, 0.3) is 0 Å². The second-order valence-corrected chi connectivity index (χ2v) is 22.3. The molecule has 0 spiro atoms. The monoisotopic (exact) mass is 997 g/mol. The standard InChI is InChI=1S/C30H41NO9S.C21H30N2O4S/c1-20(2)17-31(41(35,36)24-11-9-23(37-3)10-12-24)18-25(32)22(15-21-7-5-4-6-8-21)16-28(34)40-27-13-14-38-30-29(27)26(33)19-39-30;1-16(2)14-23(28(25,26)19-11-9-18(27-3)10-12-19)15-21(24)20(22)13-17-7-5-4-6-8-17/h4-12,20,22,25-27,29-30,32-33H,13-19H2,1-3H3;4-12,16,20-21,24H,13-15,22H2,1-3H3/t22-,25-,26+,27+,29+,30+;20-,21+/m10/s1. The van der Waals surface area contributed by atoms with Crippen molar-refractivity contribution in [3.8, 4) is 11.5 Å². The Hall–Kier alpha value is -4.47. The first-order valence-corrected chi connectivity index (χ1v) is 26.3. The Morgan fingerprint density at radius 2 is 1.14 bits per heavy atom. The van der Waals surface area contributed by atoms with Gasteiger partial charge in [-0.15, -0.1) is 0 Å². The number of nitrogens with two attached hydrogens (primary N) is 1. The normalized spacial score (nSPS) is 20.1. The van der Waals surface area contributed by atoms with Crippen LogP contribution in [0.4, 0.5) is 0 Å². The first kappa shape index (κ1) is 55.5. The molecular formula is C51H71N3O13S2. The van der Waals surface area contributed by atoms with Gasteiger partial charge in [-0.3, -0.25) is 4.79 Å². The average Bonchev–Trinajstić information content (AvgIpc) is 3.72. The Morgan fingerprint density at radius 3 is 1.61 bits per heavy atom. The molecule has 16 nitrogen and oxygen atoms in total. The van der Waals surface area contributed by atoms with E-state index in [2.05, 4.69) is 0 Å². The van der Waals surface area contributed by atoms with Crippen molar-refractivity contribution in [3.05, 3.63) is 120 Å². The molecule has 5 N–H and O–H groups in total. The van der Waals surface area contributed by atoms with E-state index in [9.17, 15) is 36.9 Å². The van der Waals surface area contributed by atoms with E-state index >= 15 is 0 Å². The Bertz CT molecular complexity index is 2380. The van der Waals surface area contributed by atoms with Gasteiger partial charge in [-0.25, -0.2) is 16.8 Å². The molecular weight excluding hydrogens is 927 g/mol. The summed E-state index contributed by atoms with van der Waals surface area (Å²) < 4.78 is 83.2. The molecule has 6 rings (SSSR count). The quantitative estimate of drug-likeness (QED) is 0.0727. The summed E-state index contributed by atoms with van der Waals surface area (Å²) in [6.45, 7) is 8.39. The van der Waals surface area contributed by atoms with Gasteiger partial charge in [0.05, 0.1) is 67.9 Å². The van der Waals surface area contributed by atoms with Gasteiger partial charge < -0.3 is 44.7 Å². The predicted octanol–water partition coefficient (Wildman–Crippen LogP) is 4.89. The lowest BCUT2D eigenvalue weighted by Gasteiger charge is -2.34. The summed E-state index contributed by atoms with van der Waals surface area (Å²) in [5.74, 6) is -0.400. The van der Waals surface area contributed by atoms with E-state index < -0.39 is 74.6 Å². The minimum Gasteiger partial charge on any atom is -0.497 e. The van der Waals surface area contributed by atoms with Crippen LogP contribution in [0.2, 0.25) is 0 Å². The zero-order chi connectivity index (χ0) is 50.3. The molecule has 0 aromatic heterocycles. The van der Waals surface area contributed by atoms with Crippen molar-refractivity contribution in [2.75, 3.05) is 53.6 Å². The molecule has 380 valence electrons. The molecule has 2 aliphatic heterocycles. The molecule has 4 aromatic rings. The van der Waals surface area contributed by atoms with Crippen molar-refractivity contribution >= 4 is 26.0 Å². The SMILES string of the molecule is COc1ccc(S(=O)(=O)N(CC(C)C)C[C@@H](O)[C@@H](CC(=O)O[C@H]2CCO[C@H]3OC[C@H](O)[C@H]32)Cc2ccccc2)cc1.COc1ccc(S(=O)(=O)N(CC(C)C)C[C@@H](O)[C@@H](N)Cc2ccccc2)cc1. The summed E-state index contributed by atoms with van der Waals surface area (Å²) in [4.78, 5) is 13.5. The van der Waals surface area contributed by atoms with E-state index in [1.165, 1.54) is 47.1 Å². The number of nitrogens with zero attached hydrogens (tertiary/aromatic N) is 2. The van der Waals surface area contributed by atoms with Gasteiger partial charge >= 0.3 is 5.97 Å². The van der Waals surface area contributed by atoms with Crippen molar-refractivity contribution in [1.29, 1.82) is 0 Å². The van der Waals surface area contributed by atoms with E-state index in [4.69, 9.17) is 29.4 Å². The third kappa shape index (κ3) is 16.0. The average molecular weight is 998 g/mol. The first-order valence-electron chi connectivity index (χ1n) is 23.4. The molecule has 2 heterocycles. The number of aliphatic hydroxyl groups is 3. The molecule has 0 saturated carbocycles. The van der Waals surface area contributed by atoms with Gasteiger partial charge in [-0.05, 0) is 84.3 Å². The number of rotatable bonds is 23. The maximum atomic E-state index is 13.6. The van der Waals surface area contributed by atoms with E-state index in [0.717, 1.165) is 11.1 Å². The summed E-state index contributed by atoms with van der Waals surface area (Å²) in [5.41, 5.74) is 8.07. The number of hydrogen-bond acceptors (Lipinski definition) is 14. The fourth-order valence-electron chi connectivity index (χ4n) is 8.38. The number of sulfonamides is 2. The minimum atomic E-state index is -3.94. The van der Waals surface area contributed by atoms with Crippen LogP contribution >= 0.6 is 0 Å². The second kappa shape index (κ2) is 26.1. The lowest BCUT2D eigenvalue weighted by Crippen LogP contribution is -2.47. The van der Waals surface area contributed by atoms with Gasteiger partial charge in [0, 0.05) is 44.6 Å². The molecule has 2 fully saturated rings. The van der Waals surface area contributed by atoms with Crippen LogP contribution in [0, 0.1) is 23.7 Å². The van der Waals surface area contributed by atoms with Crippen LogP contribution < -0.4 is 15.2 Å². The van der Waals surface area contributed by atoms with Gasteiger partial charge in [-0.2, -0.15) is 8.61 Å². The van der Waals surface area contributed by atoms with Crippen LogP contribution in [-0.2, 0) is 51.9 Å². The van der Waals surface area contributed by atoms with E-state index in [0.29, 0.717) is 43.9 Å². The molecule has 18 heteroatoms. The number of aliphatic hydroxyl groups excluding tert-OH is 3. The van der Waals surface area contributed by atoms with Crippen molar-refractivity contribution in [2.45, 2.75) is 99.9 Å². The Kier molecular flexibility index (Phi) is 21.0. The topological polar surface area (TPSA) is 225 Å². The van der Waals surface area contributed by atoms with Gasteiger partial charge in [0.2, 0.25) is 20.0 Å². The van der Waals surface area contributed by atoms with Crippen molar-refractivity contribution in [2.24, 2.45) is 29.4 Å². The third-order valence-electron chi connectivity index (χ3n) is 12.0. The summed E-state index contributed by atoms with van der Waals surface area (Å²) in [6.07, 6.45) is -2.99. The highest BCUT2D eigenvalue weighted by atomic mass is 32.2. The second-order valence-electron chi connectivity index (χ2n) is 18.5. The lowest BCUT2D eigenvalue weighted by atomic mass is 9.90. The molecule has 0 aliphatic carbocycles. The van der Waals surface area contributed by atoms with Crippen LogP contribution in [-0.4, -0.2) is 137 Å². The first-order chi connectivity index (χ1) is 32.8. The van der Waals surface area contributed by atoms with Crippen LogP contribution in [0.15, 0.2) is 119 Å². The minimum absolute atomic E-state index is 0.00529. The maximum absolute atomic E-state index is 13.6. The Morgan fingerprint density at radius 1 is 0.681 bits per heavy atom. The number of carbonyl (C=O) groups is 1. The van der Waals surface area contributed by atoms with E-state index in [1.807, 2.05) is 88.4 Å². The highest BCUT2D eigenvalue weighted by molar-refractivity contribution is 7.89. The highest BCUT2D eigenvalue weighted by Crippen LogP contribution is 2.34. The van der Waals surface area contributed by atoms with Gasteiger partial charge in [0.1, 0.15) is 17.6 Å². The van der Waals surface area contributed by atoms with Crippen LogP contribution in [0.3, 0.4) is 0 Å². The highest BCUT2D eigenvalue weighted by Gasteiger charge is 2.47. The predicted molar refractivity (Wildman–Crippen MR) is 261 cm³/mol. The molecule has 0 amide bonds. The third-order valence-corrected chi connectivity index (χ3v) is 15.7. The molecule has 8 atom stereocenters. The number of carbonyl (C=O) groups excluding carboxylic acids is 1.